The third-order valence-electron chi connectivity index (χ3n) is 5.67. The molecule has 3 aromatic rings. The maximum absolute atomic E-state index is 13.6. The van der Waals surface area contributed by atoms with Crippen LogP contribution in [0.1, 0.15) is 34.7 Å². The van der Waals surface area contributed by atoms with E-state index in [9.17, 15) is 9.59 Å². The molecule has 1 heterocycles. The lowest BCUT2D eigenvalue weighted by Crippen LogP contribution is -2.45. The smallest absolute Gasteiger partial charge is 0.254 e. The molecule has 0 fully saturated rings. The number of rotatable bonds is 5. The van der Waals surface area contributed by atoms with Crippen molar-refractivity contribution in [1.82, 2.24) is 5.32 Å². The highest BCUT2D eigenvalue weighted by Gasteiger charge is 2.30. The molecule has 0 spiro atoms. The van der Waals surface area contributed by atoms with Gasteiger partial charge in [0.25, 0.3) is 5.91 Å². The van der Waals surface area contributed by atoms with Crippen LogP contribution in [-0.4, -0.2) is 18.4 Å². The molecule has 4 nitrogen and oxygen atoms in total. The number of amides is 2. The van der Waals surface area contributed by atoms with Crippen LogP contribution in [-0.2, 0) is 22.4 Å². The Morgan fingerprint density at radius 1 is 0.933 bits per heavy atom. The molecule has 1 atom stereocenters. The van der Waals surface area contributed by atoms with Gasteiger partial charge in [0, 0.05) is 12.2 Å². The number of benzene rings is 3. The highest BCUT2D eigenvalue weighted by molar-refractivity contribution is 6.00. The van der Waals surface area contributed by atoms with Crippen LogP contribution in [0.25, 0.3) is 0 Å². The highest BCUT2D eigenvalue weighted by Crippen LogP contribution is 2.29. The fraction of sp³-hybridized carbons (Fsp3) is 0.231. The van der Waals surface area contributed by atoms with Gasteiger partial charge in [0.15, 0.2) is 0 Å². The molecule has 0 radical (unpaired) electrons. The van der Waals surface area contributed by atoms with Gasteiger partial charge in [-0.1, -0.05) is 72.8 Å². The van der Waals surface area contributed by atoms with E-state index in [0.29, 0.717) is 6.54 Å². The van der Waals surface area contributed by atoms with Crippen molar-refractivity contribution in [2.45, 2.75) is 32.2 Å². The first-order chi connectivity index (χ1) is 14.6. The Labute approximate surface area is 177 Å². The summed E-state index contributed by atoms with van der Waals surface area (Å²) in [5.41, 5.74) is 4.96. The van der Waals surface area contributed by atoms with Crippen LogP contribution in [0.15, 0.2) is 78.9 Å². The van der Waals surface area contributed by atoms with E-state index < -0.39 is 6.04 Å². The standard InChI is InChI=1S/C26H26N2O2/c1-19-10-5-6-14-22(19)18-24(29)27-25(21-12-3-2-4-13-21)26(30)28-17-9-15-20-11-7-8-16-23(20)28/h2-8,10-14,16,25H,9,15,17-18H2,1H3,(H,27,29)/t25-/m1/s1. The van der Waals surface area contributed by atoms with E-state index in [1.807, 2.05) is 84.6 Å². The van der Waals surface area contributed by atoms with E-state index >= 15 is 0 Å². The SMILES string of the molecule is Cc1ccccc1CC(=O)N[C@@H](C(=O)N1CCCc2ccccc21)c1ccccc1. The Balaban J connectivity index is 1.60. The summed E-state index contributed by atoms with van der Waals surface area (Å²) in [4.78, 5) is 28.4. The Morgan fingerprint density at radius 3 is 2.43 bits per heavy atom. The van der Waals surface area contributed by atoms with Crippen molar-refractivity contribution in [2.75, 3.05) is 11.4 Å². The lowest BCUT2D eigenvalue weighted by Gasteiger charge is -2.32. The number of carbonyl (C=O) groups excluding carboxylic acids is 2. The number of para-hydroxylation sites is 1. The minimum atomic E-state index is -0.714. The van der Waals surface area contributed by atoms with Gasteiger partial charge < -0.3 is 10.2 Å². The molecule has 0 unspecified atom stereocenters. The average Bonchev–Trinajstić information content (AvgIpc) is 2.79. The van der Waals surface area contributed by atoms with E-state index in [2.05, 4.69) is 11.4 Å². The molecular formula is C26H26N2O2. The van der Waals surface area contributed by atoms with Crippen LogP contribution < -0.4 is 10.2 Å². The van der Waals surface area contributed by atoms with E-state index in [1.54, 1.807) is 0 Å². The molecule has 0 bridgehead atoms. The van der Waals surface area contributed by atoms with Crippen molar-refractivity contribution in [1.29, 1.82) is 0 Å². The summed E-state index contributed by atoms with van der Waals surface area (Å²) in [5, 5.41) is 3.01. The number of anilines is 1. The van der Waals surface area contributed by atoms with Crippen molar-refractivity contribution >= 4 is 17.5 Å². The second kappa shape index (κ2) is 8.95. The predicted molar refractivity (Wildman–Crippen MR) is 119 cm³/mol. The summed E-state index contributed by atoms with van der Waals surface area (Å²) in [7, 11) is 0. The Kier molecular flexibility index (Phi) is 5.94. The van der Waals surface area contributed by atoms with Gasteiger partial charge in [0.1, 0.15) is 6.04 Å². The Hall–Kier alpha value is -3.40. The quantitative estimate of drug-likeness (QED) is 0.694. The van der Waals surface area contributed by atoms with Crippen molar-refractivity contribution in [3.63, 3.8) is 0 Å². The van der Waals surface area contributed by atoms with E-state index in [0.717, 1.165) is 35.2 Å². The summed E-state index contributed by atoms with van der Waals surface area (Å²) in [6.07, 6.45) is 2.14. The van der Waals surface area contributed by atoms with Crippen molar-refractivity contribution in [2.24, 2.45) is 0 Å². The molecule has 0 saturated heterocycles. The van der Waals surface area contributed by atoms with Gasteiger partial charge in [0.05, 0.1) is 6.42 Å². The minimum Gasteiger partial charge on any atom is -0.340 e. The maximum Gasteiger partial charge on any atom is 0.254 e. The summed E-state index contributed by atoms with van der Waals surface area (Å²) in [5.74, 6) is -0.247. The van der Waals surface area contributed by atoms with Crippen molar-refractivity contribution in [3.8, 4) is 0 Å². The molecule has 4 heteroatoms. The zero-order valence-electron chi connectivity index (χ0n) is 17.2. The number of carbonyl (C=O) groups is 2. The molecule has 0 aliphatic carbocycles. The number of hydrogen-bond donors (Lipinski definition) is 1. The van der Waals surface area contributed by atoms with Crippen LogP contribution >= 0.6 is 0 Å². The lowest BCUT2D eigenvalue weighted by atomic mass is 9.98. The van der Waals surface area contributed by atoms with Gasteiger partial charge in [-0.25, -0.2) is 0 Å². The van der Waals surface area contributed by atoms with Gasteiger partial charge in [-0.3, -0.25) is 9.59 Å². The van der Waals surface area contributed by atoms with Crippen LogP contribution in [0.2, 0.25) is 0 Å². The predicted octanol–water partition coefficient (Wildman–Crippen LogP) is 4.37. The number of aryl methyl sites for hydroxylation is 2. The number of nitrogens with one attached hydrogen (secondary N) is 1. The number of fused-ring (bicyclic) bond motifs is 1. The summed E-state index contributed by atoms with van der Waals surface area (Å²) >= 11 is 0. The number of nitrogens with zero attached hydrogens (tertiary/aromatic N) is 1. The van der Waals surface area contributed by atoms with E-state index in [4.69, 9.17) is 0 Å². The van der Waals surface area contributed by atoms with Gasteiger partial charge >= 0.3 is 0 Å². The number of hydrogen-bond acceptors (Lipinski definition) is 2. The van der Waals surface area contributed by atoms with Gasteiger partial charge in [-0.15, -0.1) is 0 Å². The van der Waals surface area contributed by atoms with E-state index in [1.165, 1.54) is 5.56 Å². The summed E-state index contributed by atoms with van der Waals surface area (Å²) in [6, 6.07) is 24.6. The van der Waals surface area contributed by atoms with Crippen molar-refractivity contribution < 1.29 is 9.59 Å². The third-order valence-corrected chi connectivity index (χ3v) is 5.67. The fourth-order valence-electron chi connectivity index (χ4n) is 4.04. The average molecular weight is 399 g/mol. The van der Waals surface area contributed by atoms with Crippen LogP contribution in [0, 0.1) is 6.92 Å². The molecule has 3 aromatic carbocycles. The fourth-order valence-corrected chi connectivity index (χ4v) is 4.04. The molecule has 152 valence electrons. The molecular weight excluding hydrogens is 372 g/mol. The largest absolute Gasteiger partial charge is 0.340 e. The monoisotopic (exact) mass is 398 g/mol. The highest BCUT2D eigenvalue weighted by atomic mass is 16.2. The summed E-state index contributed by atoms with van der Waals surface area (Å²) < 4.78 is 0. The molecule has 1 aliphatic rings. The Morgan fingerprint density at radius 2 is 1.63 bits per heavy atom. The molecule has 1 aliphatic heterocycles. The lowest BCUT2D eigenvalue weighted by molar-refractivity contribution is -0.127. The normalized spacial score (nSPS) is 14.0. The third kappa shape index (κ3) is 4.28. The van der Waals surface area contributed by atoms with E-state index in [-0.39, 0.29) is 18.2 Å². The van der Waals surface area contributed by atoms with Gasteiger partial charge in [0.2, 0.25) is 5.91 Å². The molecule has 0 aromatic heterocycles. The molecule has 2 amide bonds. The molecule has 1 N–H and O–H groups in total. The first-order valence-electron chi connectivity index (χ1n) is 10.4. The summed E-state index contributed by atoms with van der Waals surface area (Å²) in [6.45, 7) is 2.65. The Bertz CT molecular complexity index is 1050. The van der Waals surface area contributed by atoms with Crippen LogP contribution in [0.5, 0.6) is 0 Å². The minimum absolute atomic E-state index is 0.0912. The second-order valence-electron chi connectivity index (χ2n) is 7.74. The molecule has 4 rings (SSSR count). The first-order valence-corrected chi connectivity index (χ1v) is 10.4. The van der Waals surface area contributed by atoms with Gasteiger partial charge in [-0.05, 0) is 48.1 Å². The maximum atomic E-state index is 13.6. The molecule has 30 heavy (non-hydrogen) atoms. The second-order valence-corrected chi connectivity index (χ2v) is 7.74. The topological polar surface area (TPSA) is 49.4 Å². The van der Waals surface area contributed by atoms with Crippen LogP contribution in [0.4, 0.5) is 5.69 Å². The van der Waals surface area contributed by atoms with Crippen molar-refractivity contribution in [3.05, 3.63) is 101 Å². The zero-order chi connectivity index (χ0) is 20.9. The van der Waals surface area contributed by atoms with Gasteiger partial charge in [-0.2, -0.15) is 0 Å². The zero-order valence-corrected chi connectivity index (χ0v) is 17.2. The molecule has 0 saturated carbocycles. The van der Waals surface area contributed by atoms with Crippen LogP contribution in [0.3, 0.4) is 0 Å². The first kappa shape index (κ1) is 19.9.